The van der Waals surface area contributed by atoms with Crippen LogP contribution in [0.5, 0.6) is 0 Å². The third-order valence-electron chi connectivity index (χ3n) is 2.86. The minimum absolute atomic E-state index is 0.147. The molecule has 1 aromatic rings. The molecule has 1 aliphatic rings. The van der Waals surface area contributed by atoms with Crippen LogP contribution in [0.2, 0.25) is 0 Å². The lowest BCUT2D eigenvalue weighted by molar-refractivity contribution is -0.143. The molecule has 1 aromatic heterocycles. The predicted octanol–water partition coefficient (Wildman–Crippen LogP) is 2.46. The second kappa shape index (κ2) is 5.49. The lowest BCUT2D eigenvalue weighted by Gasteiger charge is -2.00. The molecule has 1 aliphatic carbocycles. The van der Waals surface area contributed by atoms with Crippen molar-refractivity contribution in [1.29, 1.82) is 0 Å². The van der Waals surface area contributed by atoms with Gasteiger partial charge in [-0.1, -0.05) is 6.92 Å². The Hall–Kier alpha value is -1.10. The van der Waals surface area contributed by atoms with Crippen molar-refractivity contribution in [2.75, 3.05) is 11.9 Å². The van der Waals surface area contributed by atoms with Crippen molar-refractivity contribution >= 4 is 22.4 Å². The number of ether oxygens (including phenoxy) is 1. The number of nitrogens with one attached hydrogen (secondary N) is 1. The van der Waals surface area contributed by atoms with Crippen LogP contribution in [-0.4, -0.2) is 23.6 Å². The van der Waals surface area contributed by atoms with E-state index in [1.807, 2.05) is 12.3 Å². The third-order valence-corrected chi connectivity index (χ3v) is 3.68. The number of esters is 1. The minimum atomic E-state index is -0.147. The number of aromatic nitrogens is 1. The minimum Gasteiger partial charge on any atom is -0.466 e. The molecular weight excluding hydrogens is 236 g/mol. The molecule has 0 amide bonds. The molecule has 4 nitrogen and oxygen atoms in total. The number of hydrogen-bond acceptors (Lipinski definition) is 5. The van der Waals surface area contributed by atoms with Gasteiger partial charge in [0.05, 0.1) is 18.7 Å². The number of carbonyl (C=O) groups excluding carboxylic acids is 1. The fraction of sp³-hybridized carbons (Fsp3) is 0.667. The molecule has 0 aromatic carbocycles. The average Bonchev–Trinajstić information content (AvgIpc) is 2.79. The van der Waals surface area contributed by atoms with Crippen LogP contribution >= 0.6 is 11.3 Å². The predicted molar refractivity (Wildman–Crippen MR) is 68.3 cm³/mol. The Labute approximate surface area is 105 Å². The van der Waals surface area contributed by atoms with E-state index in [-0.39, 0.29) is 5.97 Å². The molecule has 17 heavy (non-hydrogen) atoms. The Balaban J connectivity index is 1.75. The van der Waals surface area contributed by atoms with Gasteiger partial charge in [0.15, 0.2) is 5.13 Å². The second-order valence-corrected chi connectivity index (χ2v) is 5.27. The summed E-state index contributed by atoms with van der Waals surface area (Å²) in [5.74, 6) is 0.618. The van der Waals surface area contributed by atoms with Gasteiger partial charge in [-0.05, 0) is 19.3 Å². The molecule has 1 N–H and O–H groups in total. The Morgan fingerprint density at radius 3 is 3.12 bits per heavy atom. The van der Waals surface area contributed by atoms with E-state index in [0.717, 1.165) is 16.7 Å². The van der Waals surface area contributed by atoms with Crippen molar-refractivity contribution in [2.24, 2.45) is 5.92 Å². The Kier molecular flexibility index (Phi) is 3.99. The zero-order valence-corrected chi connectivity index (χ0v) is 11.0. The smallest absolute Gasteiger partial charge is 0.306 e. The summed E-state index contributed by atoms with van der Waals surface area (Å²) in [6.07, 6.45) is 2.31. The maximum Gasteiger partial charge on any atom is 0.306 e. The van der Waals surface area contributed by atoms with Gasteiger partial charge in [0, 0.05) is 17.8 Å². The van der Waals surface area contributed by atoms with Crippen LogP contribution in [0.1, 0.15) is 32.4 Å². The first-order valence-corrected chi connectivity index (χ1v) is 6.93. The summed E-state index contributed by atoms with van der Waals surface area (Å²) in [6.45, 7) is 4.49. The fourth-order valence-corrected chi connectivity index (χ4v) is 2.44. The molecule has 0 spiro atoms. The van der Waals surface area contributed by atoms with Crippen molar-refractivity contribution in [2.45, 2.75) is 39.2 Å². The van der Waals surface area contributed by atoms with Crippen molar-refractivity contribution in [3.8, 4) is 0 Å². The van der Waals surface area contributed by atoms with E-state index in [0.29, 0.717) is 25.5 Å². The van der Waals surface area contributed by atoms with Gasteiger partial charge in [-0.3, -0.25) is 4.79 Å². The molecule has 2 unspecified atom stereocenters. The Morgan fingerprint density at radius 2 is 2.47 bits per heavy atom. The van der Waals surface area contributed by atoms with Crippen molar-refractivity contribution in [3.63, 3.8) is 0 Å². The molecule has 0 aliphatic heterocycles. The molecule has 1 heterocycles. The summed E-state index contributed by atoms with van der Waals surface area (Å²) in [5.41, 5.74) is 0.971. The van der Waals surface area contributed by atoms with Gasteiger partial charge in [-0.15, -0.1) is 11.3 Å². The van der Waals surface area contributed by atoms with Crippen LogP contribution in [0.4, 0.5) is 5.13 Å². The molecule has 0 bridgehead atoms. The van der Waals surface area contributed by atoms with E-state index >= 15 is 0 Å². The van der Waals surface area contributed by atoms with E-state index in [9.17, 15) is 4.79 Å². The van der Waals surface area contributed by atoms with E-state index < -0.39 is 0 Å². The van der Waals surface area contributed by atoms with E-state index in [2.05, 4.69) is 17.2 Å². The summed E-state index contributed by atoms with van der Waals surface area (Å²) in [7, 11) is 0. The summed E-state index contributed by atoms with van der Waals surface area (Å²) >= 11 is 1.61. The van der Waals surface area contributed by atoms with Gasteiger partial charge in [0.2, 0.25) is 0 Å². The molecule has 5 heteroatoms. The van der Waals surface area contributed by atoms with Crippen LogP contribution in [0.25, 0.3) is 0 Å². The highest BCUT2D eigenvalue weighted by atomic mass is 32.1. The normalized spacial score (nSPS) is 22.2. The Bertz CT molecular complexity index is 392. The van der Waals surface area contributed by atoms with Crippen molar-refractivity contribution < 1.29 is 9.53 Å². The van der Waals surface area contributed by atoms with Gasteiger partial charge in [0.25, 0.3) is 0 Å². The third kappa shape index (κ3) is 3.70. The maximum absolute atomic E-state index is 11.2. The second-order valence-electron chi connectivity index (χ2n) is 4.41. The average molecular weight is 254 g/mol. The molecule has 0 saturated heterocycles. The monoisotopic (exact) mass is 254 g/mol. The molecule has 1 fully saturated rings. The van der Waals surface area contributed by atoms with Crippen LogP contribution in [-0.2, 0) is 16.0 Å². The highest BCUT2D eigenvalue weighted by Gasteiger charge is 2.32. The quantitative estimate of drug-likeness (QED) is 0.792. The van der Waals surface area contributed by atoms with E-state index in [1.165, 1.54) is 6.42 Å². The number of thiazole rings is 1. The summed E-state index contributed by atoms with van der Waals surface area (Å²) < 4.78 is 4.88. The van der Waals surface area contributed by atoms with Gasteiger partial charge in [-0.25, -0.2) is 4.98 Å². The zero-order valence-electron chi connectivity index (χ0n) is 10.2. The summed E-state index contributed by atoms with van der Waals surface area (Å²) in [6, 6.07) is 0.596. The zero-order chi connectivity index (χ0) is 12.3. The first-order valence-electron chi connectivity index (χ1n) is 6.05. The maximum atomic E-state index is 11.2. The number of anilines is 1. The standard InChI is InChI=1S/C12H18N2O2S/c1-3-16-11(15)5-4-9-7-17-12(13-9)14-10-6-8(10)2/h7-8,10H,3-6H2,1-2H3,(H,13,14). The molecule has 2 atom stereocenters. The Morgan fingerprint density at radius 1 is 1.71 bits per heavy atom. The highest BCUT2D eigenvalue weighted by Crippen LogP contribution is 2.33. The van der Waals surface area contributed by atoms with Gasteiger partial charge in [-0.2, -0.15) is 0 Å². The fourth-order valence-electron chi connectivity index (χ4n) is 1.63. The summed E-state index contributed by atoms with van der Waals surface area (Å²) in [5, 5.41) is 6.37. The lowest BCUT2D eigenvalue weighted by atomic mass is 10.2. The first kappa shape index (κ1) is 12.4. The number of carbonyl (C=O) groups is 1. The molecule has 2 rings (SSSR count). The summed E-state index contributed by atoms with van der Waals surface area (Å²) in [4.78, 5) is 15.6. The SMILES string of the molecule is CCOC(=O)CCc1csc(NC2CC2C)n1. The molecule has 94 valence electrons. The lowest BCUT2D eigenvalue weighted by Crippen LogP contribution is -2.06. The van der Waals surface area contributed by atoms with Crippen LogP contribution in [0, 0.1) is 5.92 Å². The van der Waals surface area contributed by atoms with E-state index in [4.69, 9.17) is 4.74 Å². The van der Waals surface area contributed by atoms with Gasteiger partial charge >= 0.3 is 5.97 Å². The first-order chi connectivity index (χ1) is 8.19. The highest BCUT2D eigenvalue weighted by molar-refractivity contribution is 7.13. The molecular formula is C12H18N2O2S. The van der Waals surface area contributed by atoms with E-state index in [1.54, 1.807) is 11.3 Å². The van der Waals surface area contributed by atoms with Crippen LogP contribution in [0.15, 0.2) is 5.38 Å². The number of aryl methyl sites for hydroxylation is 1. The number of rotatable bonds is 6. The van der Waals surface area contributed by atoms with Crippen molar-refractivity contribution in [3.05, 3.63) is 11.1 Å². The number of nitrogens with zero attached hydrogens (tertiary/aromatic N) is 1. The van der Waals surface area contributed by atoms with Crippen LogP contribution in [0.3, 0.4) is 0 Å². The van der Waals surface area contributed by atoms with Crippen LogP contribution < -0.4 is 5.32 Å². The number of hydrogen-bond donors (Lipinski definition) is 1. The molecule has 1 saturated carbocycles. The largest absolute Gasteiger partial charge is 0.466 e. The van der Waals surface area contributed by atoms with Gasteiger partial charge in [0.1, 0.15) is 0 Å². The van der Waals surface area contributed by atoms with Gasteiger partial charge < -0.3 is 10.1 Å². The molecule has 0 radical (unpaired) electrons. The topological polar surface area (TPSA) is 51.2 Å². The van der Waals surface area contributed by atoms with Crippen molar-refractivity contribution in [1.82, 2.24) is 4.98 Å².